The molecule has 10 aromatic rings. The predicted octanol–water partition coefficient (Wildman–Crippen LogP) is 14.6. The van der Waals surface area contributed by atoms with Gasteiger partial charge in [0.2, 0.25) is 0 Å². The third-order valence-corrected chi connectivity index (χ3v) is 10.6. The summed E-state index contributed by atoms with van der Waals surface area (Å²) < 4.78 is 0. The highest BCUT2D eigenvalue weighted by molar-refractivity contribution is 6.22. The molecule has 0 radical (unpaired) electrons. The second kappa shape index (κ2) is 12.5. The Labute approximate surface area is 303 Å². The second-order valence-electron chi connectivity index (χ2n) is 13.7. The average Bonchev–Trinajstić information content (AvgIpc) is 3.22. The van der Waals surface area contributed by atoms with Gasteiger partial charge in [0.15, 0.2) is 0 Å². The molecule has 0 spiro atoms. The van der Waals surface area contributed by atoms with Gasteiger partial charge in [-0.15, -0.1) is 0 Å². The van der Waals surface area contributed by atoms with Crippen LogP contribution in [0.4, 0.5) is 0 Å². The molecule has 10 aromatic carbocycles. The van der Waals surface area contributed by atoms with E-state index in [0.717, 1.165) is 0 Å². The Morgan fingerprint density at radius 1 is 0.173 bits per heavy atom. The molecule has 0 aliphatic carbocycles. The van der Waals surface area contributed by atoms with Gasteiger partial charge in [-0.2, -0.15) is 0 Å². The van der Waals surface area contributed by atoms with E-state index >= 15 is 0 Å². The van der Waals surface area contributed by atoms with Crippen molar-refractivity contribution < 1.29 is 0 Å². The normalized spacial score (nSPS) is 11.5. The van der Waals surface area contributed by atoms with Gasteiger partial charge in [-0.05, 0) is 135 Å². The van der Waals surface area contributed by atoms with Crippen molar-refractivity contribution in [2.24, 2.45) is 0 Å². The summed E-state index contributed by atoms with van der Waals surface area (Å²) in [6.45, 7) is 0. The van der Waals surface area contributed by atoms with Crippen molar-refractivity contribution in [3.8, 4) is 55.6 Å². The van der Waals surface area contributed by atoms with Gasteiger partial charge in [0.1, 0.15) is 0 Å². The molecule has 0 aliphatic heterocycles. The van der Waals surface area contributed by atoms with Crippen LogP contribution in [0.5, 0.6) is 0 Å². The average molecular weight is 659 g/mol. The maximum absolute atomic E-state index is 2.42. The number of fused-ring (bicyclic) bond motifs is 4. The summed E-state index contributed by atoms with van der Waals surface area (Å²) in [5, 5.41) is 10.00. The smallest absolute Gasteiger partial charge is 0.00257 e. The Morgan fingerprint density at radius 2 is 0.577 bits per heavy atom. The monoisotopic (exact) mass is 658 g/mol. The van der Waals surface area contributed by atoms with Crippen LogP contribution >= 0.6 is 0 Å². The summed E-state index contributed by atoms with van der Waals surface area (Å²) in [5.41, 5.74) is 12.2. The van der Waals surface area contributed by atoms with Crippen molar-refractivity contribution in [2.45, 2.75) is 0 Å². The fourth-order valence-electron chi connectivity index (χ4n) is 8.06. The minimum absolute atomic E-state index is 1.20. The topological polar surface area (TPSA) is 0 Å². The molecule has 0 aromatic heterocycles. The van der Waals surface area contributed by atoms with Gasteiger partial charge in [-0.3, -0.25) is 0 Å². The van der Waals surface area contributed by atoms with Gasteiger partial charge in [0.05, 0.1) is 0 Å². The van der Waals surface area contributed by atoms with Crippen LogP contribution in [0.2, 0.25) is 0 Å². The number of hydrogen-bond acceptors (Lipinski definition) is 0. The SMILES string of the molecule is c1ccc(-c2cc(-c3ccc4ccccc4c3)cc(-c3c4ccccc4c(-c4ccc5ccccc5c4)c4ccc(-c5ccccc5)cc34)c2)cc1. The molecule has 0 amide bonds. The van der Waals surface area contributed by atoms with Crippen molar-refractivity contribution in [2.75, 3.05) is 0 Å². The summed E-state index contributed by atoms with van der Waals surface area (Å²) >= 11 is 0. The van der Waals surface area contributed by atoms with E-state index in [1.165, 1.54) is 98.7 Å². The molecule has 0 bridgehead atoms. The molecular weight excluding hydrogens is 625 g/mol. The lowest BCUT2D eigenvalue weighted by atomic mass is 9.83. The zero-order valence-corrected chi connectivity index (χ0v) is 28.6. The number of hydrogen-bond donors (Lipinski definition) is 0. The third kappa shape index (κ3) is 5.25. The van der Waals surface area contributed by atoms with E-state index in [9.17, 15) is 0 Å². The highest BCUT2D eigenvalue weighted by Gasteiger charge is 2.19. The second-order valence-corrected chi connectivity index (χ2v) is 13.7. The minimum Gasteiger partial charge on any atom is -0.0622 e. The van der Waals surface area contributed by atoms with E-state index in [4.69, 9.17) is 0 Å². The molecule has 0 aliphatic rings. The van der Waals surface area contributed by atoms with Crippen molar-refractivity contribution in [1.82, 2.24) is 0 Å². The minimum atomic E-state index is 1.20. The molecule has 0 fully saturated rings. The highest BCUT2D eigenvalue weighted by atomic mass is 14.2. The van der Waals surface area contributed by atoms with Gasteiger partial charge < -0.3 is 0 Å². The van der Waals surface area contributed by atoms with Crippen LogP contribution in [0.1, 0.15) is 0 Å². The lowest BCUT2D eigenvalue weighted by Gasteiger charge is -2.20. The first-order chi connectivity index (χ1) is 25.8. The Morgan fingerprint density at radius 3 is 1.21 bits per heavy atom. The molecule has 0 heteroatoms. The maximum atomic E-state index is 2.42. The van der Waals surface area contributed by atoms with Crippen LogP contribution in [-0.2, 0) is 0 Å². The highest BCUT2D eigenvalue weighted by Crippen LogP contribution is 2.46. The molecule has 0 saturated heterocycles. The summed E-state index contributed by atoms with van der Waals surface area (Å²) in [7, 11) is 0. The predicted molar refractivity (Wildman–Crippen MR) is 224 cm³/mol. The Bertz CT molecular complexity index is 2940. The largest absolute Gasteiger partial charge is 0.0622 e. The van der Waals surface area contributed by atoms with Crippen LogP contribution in [0.3, 0.4) is 0 Å². The van der Waals surface area contributed by atoms with E-state index in [-0.39, 0.29) is 0 Å². The lowest BCUT2D eigenvalue weighted by molar-refractivity contribution is 1.59. The van der Waals surface area contributed by atoms with E-state index in [1.54, 1.807) is 0 Å². The van der Waals surface area contributed by atoms with E-state index in [0.29, 0.717) is 0 Å². The van der Waals surface area contributed by atoms with Gasteiger partial charge >= 0.3 is 0 Å². The number of rotatable bonds is 5. The van der Waals surface area contributed by atoms with E-state index in [1.807, 2.05) is 0 Å². The molecule has 0 atom stereocenters. The summed E-state index contributed by atoms with van der Waals surface area (Å²) in [4.78, 5) is 0. The van der Waals surface area contributed by atoms with Gasteiger partial charge in [0.25, 0.3) is 0 Å². The van der Waals surface area contributed by atoms with Crippen LogP contribution in [0.25, 0.3) is 98.7 Å². The third-order valence-electron chi connectivity index (χ3n) is 10.6. The van der Waals surface area contributed by atoms with Gasteiger partial charge in [-0.25, -0.2) is 0 Å². The molecular formula is C52H34. The molecule has 242 valence electrons. The maximum Gasteiger partial charge on any atom is -0.00257 e. The van der Waals surface area contributed by atoms with E-state index in [2.05, 4.69) is 206 Å². The summed E-state index contributed by atoms with van der Waals surface area (Å²) in [5.74, 6) is 0. The molecule has 0 nitrogen and oxygen atoms in total. The standard InChI is InChI=1S/C52H34/c1-3-13-35(14-4-1)42-27-28-49-50(34-42)52(48-22-12-11-21-47(48)51(49)43-26-24-38-18-8-10-20-40(38)30-43)46-32-44(36-15-5-2-6-16-36)31-45(33-46)41-25-23-37-17-7-9-19-39(37)29-41/h1-34H. The van der Waals surface area contributed by atoms with Crippen molar-refractivity contribution in [3.05, 3.63) is 206 Å². The number of benzene rings is 10. The summed E-state index contributed by atoms with van der Waals surface area (Å²) in [6, 6.07) is 75.8. The molecule has 0 heterocycles. The molecule has 10 rings (SSSR count). The van der Waals surface area contributed by atoms with Crippen molar-refractivity contribution >= 4 is 43.1 Å². The Balaban J connectivity index is 1.31. The van der Waals surface area contributed by atoms with Crippen LogP contribution in [0, 0.1) is 0 Å². The zero-order valence-electron chi connectivity index (χ0n) is 28.6. The van der Waals surface area contributed by atoms with Gasteiger partial charge in [0, 0.05) is 0 Å². The Hall–Kier alpha value is -6.76. The lowest BCUT2D eigenvalue weighted by Crippen LogP contribution is -1.93. The first-order valence-electron chi connectivity index (χ1n) is 18.0. The van der Waals surface area contributed by atoms with Crippen molar-refractivity contribution in [1.29, 1.82) is 0 Å². The fourth-order valence-corrected chi connectivity index (χ4v) is 8.06. The van der Waals surface area contributed by atoms with E-state index < -0.39 is 0 Å². The van der Waals surface area contributed by atoms with Crippen LogP contribution in [0.15, 0.2) is 206 Å². The summed E-state index contributed by atoms with van der Waals surface area (Å²) in [6.07, 6.45) is 0. The Kier molecular flexibility index (Phi) is 7.25. The van der Waals surface area contributed by atoms with Crippen LogP contribution in [-0.4, -0.2) is 0 Å². The first kappa shape index (κ1) is 30.1. The van der Waals surface area contributed by atoms with Gasteiger partial charge in [-0.1, -0.05) is 170 Å². The van der Waals surface area contributed by atoms with Crippen LogP contribution < -0.4 is 0 Å². The first-order valence-corrected chi connectivity index (χ1v) is 18.0. The molecule has 52 heavy (non-hydrogen) atoms. The zero-order chi connectivity index (χ0) is 34.4. The van der Waals surface area contributed by atoms with Crippen molar-refractivity contribution in [3.63, 3.8) is 0 Å². The molecule has 0 unspecified atom stereocenters. The fraction of sp³-hybridized carbons (Fsp3) is 0. The molecule has 0 saturated carbocycles. The molecule has 0 N–H and O–H groups in total. The quantitative estimate of drug-likeness (QED) is 0.161.